The van der Waals surface area contributed by atoms with Gasteiger partial charge in [-0.1, -0.05) is 17.3 Å². The lowest BCUT2D eigenvalue weighted by Crippen LogP contribution is -2.04. The molecule has 116 valence electrons. The summed E-state index contributed by atoms with van der Waals surface area (Å²) >= 11 is 0. The molecule has 0 amide bonds. The first-order chi connectivity index (χ1) is 11.0. The Morgan fingerprint density at radius 3 is 2.83 bits per heavy atom. The first kappa shape index (κ1) is 14.7. The highest BCUT2D eigenvalue weighted by Gasteiger charge is 2.30. The number of halogens is 3. The molecule has 0 radical (unpaired) electrons. The largest absolute Gasteiger partial charge is 0.416 e. The molecule has 0 aliphatic heterocycles. The molecule has 0 N–H and O–H groups in total. The molecule has 0 bridgehead atoms. The summed E-state index contributed by atoms with van der Waals surface area (Å²) in [5.41, 5.74) is -0.609. The summed E-state index contributed by atoms with van der Waals surface area (Å²) in [5, 5.41) is 16.1. The Morgan fingerprint density at radius 2 is 2.13 bits per heavy atom. The van der Waals surface area contributed by atoms with Gasteiger partial charge in [-0.3, -0.25) is 0 Å². The van der Waals surface area contributed by atoms with Crippen molar-refractivity contribution in [3.63, 3.8) is 0 Å². The van der Waals surface area contributed by atoms with Gasteiger partial charge in [0.1, 0.15) is 18.9 Å². The van der Waals surface area contributed by atoms with Crippen molar-refractivity contribution in [3.8, 4) is 17.5 Å². The van der Waals surface area contributed by atoms with Gasteiger partial charge in [0.25, 0.3) is 5.82 Å². The van der Waals surface area contributed by atoms with Crippen LogP contribution in [0.25, 0.3) is 11.4 Å². The fourth-order valence-corrected chi connectivity index (χ4v) is 1.83. The van der Waals surface area contributed by atoms with Gasteiger partial charge in [-0.2, -0.15) is 23.4 Å². The van der Waals surface area contributed by atoms with Gasteiger partial charge >= 0.3 is 6.18 Å². The lowest BCUT2D eigenvalue weighted by atomic mass is 10.1. The van der Waals surface area contributed by atoms with E-state index >= 15 is 0 Å². The fraction of sp³-hybridized carbons (Fsp3) is 0.154. The molecule has 0 spiro atoms. The highest BCUT2D eigenvalue weighted by Crippen LogP contribution is 2.31. The van der Waals surface area contributed by atoms with E-state index in [0.717, 1.165) is 12.1 Å². The van der Waals surface area contributed by atoms with Crippen LogP contribution in [0.2, 0.25) is 0 Å². The molecule has 0 unspecified atom stereocenters. The Labute approximate surface area is 127 Å². The molecule has 2 aromatic heterocycles. The van der Waals surface area contributed by atoms with Gasteiger partial charge in [-0.25, -0.2) is 9.67 Å². The molecule has 0 atom stereocenters. The van der Waals surface area contributed by atoms with Crippen molar-refractivity contribution in [1.29, 1.82) is 5.26 Å². The normalized spacial score (nSPS) is 11.4. The summed E-state index contributed by atoms with van der Waals surface area (Å²) < 4.78 is 44.4. The maximum atomic E-state index is 12.7. The fourth-order valence-electron chi connectivity index (χ4n) is 1.83. The quantitative estimate of drug-likeness (QED) is 0.735. The zero-order valence-electron chi connectivity index (χ0n) is 11.3. The van der Waals surface area contributed by atoms with E-state index in [2.05, 4.69) is 20.2 Å². The Kier molecular flexibility index (Phi) is 3.53. The van der Waals surface area contributed by atoms with Crippen molar-refractivity contribution in [2.24, 2.45) is 0 Å². The van der Waals surface area contributed by atoms with Gasteiger partial charge in [0, 0.05) is 5.56 Å². The van der Waals surface area contributed by atoms with E-state index < -0.39 is 11.7 Å². The molecule has 0 saturated carbocycles. The second-order valence-electron chi connectivity index (χ2n) is 4.47. The van der Waals surface area contributed by atoms with Crippen LogP contribution in [0.3, 0.4) is 0 Å². The zero-order chi connectivity index (χ0) is 16.4. The van der Waals surface area contributed by atoms with Crippen molar-refractivity contribution < 1.29 is 17.7 Å². The maximum Gasteiger partial charge on any atom is 0.416 e. The van der Waals surface area contributed by atoms with Gasteiger partial charge < -0.3 is 4.52 Å². The summed E-state index contributed by atoms with van der Waals surface area (Å²) in [4.78, 5) is 7.73. The molecule has 7 nitrogen and oxygen atoms in total. The number of hydrogen-bond donors (Lipinski definition) is 0. The van der Waals surface area contributed by atoms with Crippen molar-refractivity contribution in [2.45, 2.75) is 12.7 Å². The third-order valence-corrected chi connectivity index (χ3v) is 2.85. The monoisotopic (exact) mass is 320 g/mol. The number of benzene rings is 1. The van der Waals surface area contributed by atoms with E-state index in [1.54, 1.807) is 6.07 Å². The van der Waals surface area contributed by atoms with Gasteiger partial charge in [-0.05, 0) is 12.1 Å². The van der Waals surface area contributed by atoms with E-state index in [-0.39, 0.29) is 29.6 Å². The highest BCUT2D eigenvalue weighted by atomic mass is 19.4. The minimum Gasteiger partial charge on any atom is -0.337 e. The van der Waals surface area contributed by atoms with Gasteiger partial charge in [-0.15, -0.1) is 5.10 Å². The minimum absolute atomic E-state index is 0.0115. The Bertz CT molecular complexity index is 876. The minimum atomic E-state index is -4.45. The second-order valence-corrected chi connectivity index (χ2v) is 4.47. The first-order valence-corrected chi connectivity index (χ1v) is 6.25. The van der Waals surface area contributed by atoms with E-state index in [0.29, 0.717) is 0 Å². The summed E-state index contributed by atoms with van der Waals surface area (Å²) in [6.45, 7) is 0.0562. The topological polar surface area (TPSA) is 93.4 Å². The van der Waals surface area contributed by atoms with Crippen molar-refractivity contribution in [2.75, 3.05) is 0 Å². The SMILES string of the molecule is N#Cc1ncn(Cc2nc(-c3cccc(C(F)(F)F)c3)no2)n1. The van der Waals surface area contributed by atoms with Gasteiger partial charge in [0.15, 0.2) is 0 Å². The molecule has 3 rings (SSSR count). The lowest BCUT2D eigenvalue weighted by molar-refractivity contribution is -0.137. The molecule has 1 aromatic carbocycles. The molecular formula is C13H7F3N6O. The Hall–Kier alpha value is -3.22. The Balaban J connectivity index is 1.83. The molecule has 0 fully saturated rings. The number of nitrogens with zero attached hydrogens (tertiary/aromatic N) is 6. The second kappa shape index (κ2) is 5.53. The van der Waals surface area contributed by atoms with E-state index in [1.807, 2.05) is 0 Å². The smallest absolute Gasteiger partial charge is 0.337 e. The summed E-state index contributed by atoms with van der Waals surface area (Å²) in [6.07, 6.45) is -3.14. The number of hydrogen-bond acceptors (Lipinski definition) is 6. The molecular weight excluding hydrogens is 313 g/mol. The lowest BCUT2D eigenvalue weighted by Gasteiger charge is -2.06. The summed E-state index contributed by atoms with van der Waals surface area (Å²) in [5.74, 6) is 0.154. The van der Waals surface area contributed by atoms with Gasteiger partial charge in [0.05, 0.1) is 5.56 Å². The molecule has 0 saturated heterocycles. The number of rotatable bonds is 3. The predicted molar refractivity (Wildman–Crippen MR) is 68.6 cm³/mol. The van der Waals surface area contributed by atoms with Crippen LogP contribution in [0.5, 0.6) is 0 Å². The maximum absolute atomic E-state index is 12.7. The molecule has 10 heteroatoms. The van der Waals surface area contributed by atoms with Crippen molar-refractivity contribution in [1.82, 2.24) is 24.9 Å². The highest BCUT2D eigenvalue weighted by molar-refractivity contribution is 5.55. The third kappa shape index (κ3) is 3.18. The molecule has 3 aromatic rings. The number of nitriles is 1. The van der Waals surface area contributed by atoms with Crippen LogP contribution in [0, 0.1) is 11.3 Å². The van der Waals surface area contributed by atoms with Crippen LogP contribution in [0.15, 0.2) is 35.1 Å². The van der Waals surface area contributed by atoms with Crippen LogP contribution in [0.1, 0.15) is 17.3 Å². The molecule has 2 heterocycles. The van der Waals surface area contributed by atoms with Gasteiger partial charge in [0.2, 0.25) is 11.7 Å². The van der Waals surface area contributed by atoms with Crippen LogP contribution >= 0.6 is 0 Å². The Morgan fingerprint density at radius 1 is 1.30 bits per heavy atom. The first-order valence-electron chi connectivity index (χ1n) is 6.25. The van der Waals surface area contributed by atoms with E-state index in [4.69, 9.17) is 9.78 Å². The van der Waals surface area contributed by atoms with Crippen LogP contribution in [0.4, 0.5) is 13.2 Å². The van der Waals surface area contributed by atoms with Crippen molar-refractivity contribution in [3.05, 3.63) is 47.9 Å². The number of alkyl halides is 3. The number of aromatic nitrogens is 5. The van der Waals surface area contributed by atoms with E-state index in [1.165, 1.54) is 23.1 Å². The average molecular weight is 320 g/mol. The average Bonchev–Trinajstić information content (AvgIpc) is 3.16. The molecule has 23 heavy (non-hydrogen) atoms. The summed E-state index contributed by atoms with van der Waals surface area (Å²) in [7, 11) is 0. The van der Waals surface area contributed by atoms with Crippen LogP contribution < -0.4 is 0 Å². The molecule has 0 aliphatic rings. The van der Waals surface area contributed by atoms with E-state index in [9.17, 15) is 13.2 Å². The van der Waals surface area contributed by atoms with Crippen molar-refractivity contribution >= 4 is 0 Å². The third-order valence-electron chi connectivity index (χ3n) is 2.85. The standard InChI is InChI=1S/C13H7F3N6O/c14-13(15,16)9-3-1-2-8(4-9)12-19-11(23-21-12)6-22-7-18-10(5-17)20-22/h1-4,7H,6H2. The molecule has 0 aliphatic carbocycles. The van der Waals surface area contributed by atoms with Crippen LogP contribution in [-0.2, 0) is 12.7 Å². The predicted octanol–water partition coefficient (Wildman–Crippen LogP) is 2.27. The zero-order valence-corrected chi connectivity index (χ0v) is 11.3. The van der Waals surface area contributed by atoms with Crippen LogP contribution in [-0.4, -0.2) is 24.9 Å². The summed E-state index contributed by atoms with van der Waals surface area (Å²) in [6, 6.07) is 6.39.